The average Bonchev–Trinajstić information content (AvgIpc) is 2.96. The Kier molecular flexibility index (Phi) is 9.51. The largest absolute Gasteiger partial charge is 0.494 e. The topological polar surface area (TPSA) is 70.7 Å². The molecule has 0 aromatic heterocycles. The lowest BCUT2D eigenvalue weighted by Crippen LogP contribution is -2.26. The fourth-order valence-electron chi connectivity index (χ4n) is 4.04. The van der Waals surface area contributed by atoms with Gasteiger partial charge in [-0.05, 0) is 66.4 Å². The van der Waals surface area contributed by atoms with Crippen molar-refractivity contribution in [3.8, 4) is 5.75 Å². The van der Waals surface area contributed by atoms with Gasteiger partial charge in [0, 0.05) is 30.5 Å². The van der Waals surface area contributed by atoms with Gasteiger partial charge in [-0.15, -0.1) is 0 Å². The molecule has 0 atom stereocenters. The van der Waals surface area contributed by atoms with Crippen LogP contribution in [-0.2, 0) is 17.8 Å². The molecule has 6 nitrogen and oxygen atoms in total. The van der Waals surface area contributed by atoms with E-state index in [4.69, 9.17) is 4.74 Å². The Morgan fingerprint density at radius 3 is 2.16 bits per heavy atom. The van der Waals surface area contributed by atoms with Crippen LogP contribution in [-0.4, -0.2) is 36.9 Å². The predicted octanol–water partition coefficient (Wildman–Crippen LogP) is 6.02. The van der Waals surface area contributed by atoms with E-state index < -0.39 is 0 Å². The molecule has 0 aliphatic rings. The Bertz CT molecular complexity index is 1310. The van der Waals surface area contributed by atoms with Gasteiger partial charge in [0.05, 0.1) is 13.2 Å². The third kappa shape index (κ3) is 8.23. The molecule has 0 aliphatic heterocycles. The molecule has 38 heavy (non-hydrogen) atoms. The highest BCUT2D eigenvalue weighted by atomic mass is 16.5. The number of ether oxygens (including phenoxy) is 1. The van der Waals surface area contributed by atoms with Crippen molar-refractivity contribution in [3.63, 3.8) is 0 Å². The van der Waals surface area contributed by atoms with Gasteiger partial charge in [0.1, 0.15) is 5.75 Å². The summed E-state index contributed by atoms with van der Waals surface area (Å²) in [5.41, 5.74) is 4.33. The van der Waals surface area contributed by atoms with Crippen LogP contribution in [0.5, 0.6) is 5.75 Å². The summed E-state index contributed by atoms with van der Waals surface area (Å²) in [5.74, 6) is 0.511. The summed E-state index contributed by atoms with van der Waals surface area (Å²) in [7, 11) is 1.78. The normalized spacial score (nSPS) is 10.4. The van der Waals surface area contributed by atoms with E-state index >= 15 is 0 Å². The van der Waals surface area contributed by atoms with Crippen molar-refractivity contribution < 1.29 is 14.3 Å². The number of nitrogens with one attached hydrogen (secondary N) is 2. The van der Waals surface area contributed by atoms with Crippen molar-refractivity contribution in [1.29, 1.82) is 0 Å². The number of carbonyl (C=O) groups is 2. The number of hydrogen-bond donors (Lipinski definition) is 2. The number of amides is 2. The average molecular weight is 508 g/mol. The van der Waals surface area contributed by atoms with Gasteiger partial charge in [0.25, 0.3) is 5.91 Å². The minimum Gasteiger partial charge on any atom is -0.494 e. The van der Waals surface area contributed by atoms with Crippen LogP contribution in [0.4, 0.5) is 11.4 Å². The van der Waals surface area contributed by atoms with Crippen LogP contribution in [0, 0.1) is 0 Å². The Hall–Kier alpha value is -4.58. The monoisotopic (exact) mass is 507 g/mol. The maximum absolute atomic E-state index is 12.9. The van der Waals surface area contributed by atoms with Gasteiger partial charge in [0.15, 0.2) is 0 Å². The van der Waals surface area contributed by atoms with Gasteiger partial charge in [-0.2, -0.15) is 0 Å². The van der Waals surface area contributed by atoms with Crippen LogP contribution in [0.25, 0.3) is 0 Å². The first-order valence-corrected chi connectivity index (χ1v) is 12.8. The smallest absolute Gasteiger partial charge is 0.253 e. The summed E-state index contributed by atoms with van der Waals surface area (Å²) < 4.78 is 5.82. The molecule has 4 aromatic carbocycles. The van der Waals surface area contributed by atoms with Gasteiger partial charge in [-0.1, -0.05) is 66.7 Å². The quantitative estimate of drug-likeness (QED) is 0.230. The van der Waals surface area contributed by atoms with Gasteiger partial charge in [0.2, 0.25) is 5.91 Å². The molecule has 0 radical (unpaired) electrons. The van der Waals surface area contributed by atoms with E-state index in [0.29, 0.717) is 30.1 Å². The maximum Gasteiger partial charge on any atom is 0.253 e. The van der Waals surface area contributed by atoms with E-state index in [1.165, 1.54) is 5.56 Å². The number of nitrogens with zero attached hydrogens (tertiary/aromatic N) is 1. The van der Waals surface area contributed by atoms with Crippen LogP contribution in [0.1, 0.15) is 27.9 Å². The zero-order valence-corrected chi connectivity index (χ0v) is 21.6. The van der Waals surface area contributed by atoms with Gasteiger partial charge < -0.3 is 20.3 Å². The molecule has 194 valence electrons. The fourth-order valence-corrected chi connectivity index (χ4v) is 4.04. The molecule has 4 rings (SSSR count). The molecule has 6 heteroatoms. The molecule has 0 saturated carbocycles. The summed E-state index contributed by atoms with van der Waals surface area (Å²) in [6.45, 7) is 1.24. The lowest BCUT2D eigenvalue weighted by atomic mass is 10.1. The molecule has 0 spiro atoms. The van der Waals surface area contributed by atoms with Crippen LogP contribution >= 0.6 is 0 Å². The van der Waals surface area contributed by atoms with Crippen molar-refractivity contribution in [2.45, 2.75) is 19.4 Å². The van der Waals surface area contributed by atoms with Crippen LogP contribution in [0.2, 0.25) is 0 Å². The highest BCUT2D eigenvalue weighted by Crippen LogP contribution is 2.17. The second-order valence-corrected chi connectivity index (χ2v) is 9.09. The molecular formula is C32H33N3O3. The summed E-state index contributed by atoms with van der Waals surface area (Å²) in [6, 6.07) is 34.8. The maximum atomic E-state index is 12.9. The molecule has 0 unspecified atom stereocenters. The Morgan fingerprint density at radius 2 is 1.45 bits per heavy atom. The molecule has 2 N–H and O–H groups in total. The number of carbonyl (C=O) groups excluding carboxylic acids is 2. The number of rotatable bonds is 12. The zero-order chi connectivity index (χ0) is 26.6. The highest BCUT2D eigenvalue weighted by Gasteiger charge is 2.13. The molecule has 4 aromatic rings. The van der Waals surface area contributed by atoms with Gasteiger partial charge in [-0.3, -0.25) is 9.59 Å². The van der Waals surface area contributed by atoms with Crippen LogP contribution in [0.15, 0.2) is 109 Å². The molecule has 2 amide bonds. The van der Waals surface area contributed by atoms with E-state index in [2.05, 4.69) is 22.8 Å². The highest BCUT2D eigenvalue weighted by molar-refractivity contribution is 5.96. The molecular weight excluding hydrogens is 474 g/mol. The van der Waals surface area contributed by atoms with E-state index in [-0.39, 0.29) is 18.4 Å². The summed E-state index contributed by atoms with van der Waals surface area (Å²) >= 11 is 0. The summed E-state index contributed by atoms with van der Waals surface area (Å²) in [5, 5.41) is 5.98. The fraction of sp³-hybridized carbons (Fsp3) is 0.188. The van der Waals surface area contributed by atoms with Crippen molar-refractivity contribution in [2.24, 2.45) is 0 Å². The first-order valence-electron chi connectivity index (χ1n) is 12.8. The molecule has 0 aliphatic carbocycles. The van der Waals surface area contributed by atoms with Crippen molar-refractivity contribution >= 4 is 23.2 Å². The minimum absolute atomic E-state index is 0.0786. The van der Waals surface area contributed by atoms with Crippen molar-refractivity contribution in [1.82, 2.24) is 4.90 Å². The third-order valence-electron chi connectivity index (χ3n) is 6.03. The summed E-state index contributed by atoms with van der Waals surface area (Å²) in [6.07, 6.45) is 1.91. The Labute approximate surface area is 224 Å². The first kappa shape index (κ1) is 26.5. The lowest BCUT2D eigenvalue weighted by Gasteiger charge is -2.18. The van der Waals surface area contributed by atoms with E-state index in [1.807, 2.05) is 84.9 Å². The third-order valence-corrected chi connectivity index (χ3v) is 6.03. The van der Waals surface area contributed by atoms with Crippen molar-refractivity contribution in [2.75, 3.05) is 30.8 Å². The second-order valence-electron chi connectivity index (χ2n) is 9.09. The summed E-state index contributed by atoms with van der Waals surface area (Å²) in [4.78, 5) is 27.0. The van der Waals surface area contributed by atoms with E-state index in [0.717, 1.165) is 24.2 Å². The van der Waals surface area contributed by atoms with Crippen LogP contribution in [0.3, 0.4) is 0 Å². The minimum atomic E-state index is -0.181. The SMILES string of the molecule is CN(Cc1ccccc1)C(=O)c1cccc(NCC(=O)Nc2ccc(OCCCc3ccccc3)cc2)c1. The number of benzene rings is 4. The second kappa shape index (κ2) is 13.7. The molecule has 0 fully saturated rings. The number of aryl methyl sites for hydroxylation is 1. The van der Waals surface area contributed by atoms with E-state index in [9.17, 15) is 9.59 Å². The van der Waals surface area contributed by atoms with Gasteiger partial charge in [-0.25, -0.2) is 0 Å². The standard InChI is InChI=1S/C32H33N3O3/c1-35(24-26-12-6-3-7-13-26)32(37)27-15-8-16-29(22-27)33-23-31(36)34-28-17-19-30(20-18-28)38-21-9-14-25-10-4-2-5-11-25/h2-8,10-13,15-20,22,33H,9,14,21,23-24H2,1H3,(H,34,36). The lowest BCUT2D eigenvalue weighted by molar-refractivity contribution is -0.114. The van der Waals surface area contributed by atoms with Gasteiger partial charge >= 0.3 is 0 Å². The predicted molar refractivity (Wildman–Crippen MR) is 153 cm³/mol. The Morgan fingerprint density at radius 1 is 0.763 bits per heavy atom. The molecule has 0 heterocycles. The molecule has 0 saturated heterocycles. The number of hydrogen-bond acceptors (Lipinski definition) is 4. The Balaban J connectivity index is 1.20. The van der Waals surface area contributed by atoms with Crippen molar-refractivity contribution in [3.05, 3.63) is 126 Å². The van der Waals surface area contributed by atoms with E-state index in [1.54, 1.807) is 24.1 Å². The zero-order valence-electron chi connectivity index (χ0n) is 21.6. The number of anilines is 2. The van der Waals surface area contributed by atoms with Crippen LogP contribution < -0.4 is 15.4 Å². The first-order chi connectivity index (χ1) is 18.6. The molecule has 0 bridgehead atoms.